The van der Waals surface area contributed by atoms with E-state index >= 15 is 0 Å². The molecule has 14 heteroatoms. The molecule has 4 aromatic carbocycles. The van der Waals surface area contributed by atoms with Crippen molar-refractivity contribution in [3.8, 4) is 22.9 Å². The summed E-state index contributed by atoms with van der Waals surface area (Å²) in [7, 11) is -3.72. The zero-order chi connectivity index (χ0) is 47.2. The van der Waals surface area contributed by atoms with Crippen molar-refractivity contribution in [2.75, 3.05) is 0 Å². The van der Waals surface area contributed by atoms with Crippen LogP contribution in [-0.2, 0) is 60.6 Å². The summed E-state index contributed by atoms with van der Waals surface area (Å²) < 4.78 is 0. The maximum absolute atomic E-state index is 13.3. The fraction of sp³-hybridized carbons (Fsp3) is 0.520. The van der Waals surface area contributed by atoms with E-state index in [0.29, 0.717) is 11.4 Å². The van der Waals surface area contributed by atoms with E-state index in [9.17, 15) is 19.8 Å². The van der Waals surface area contributed by atoms with Crippen LogP contribution in [0.15, 0.2) is 72.8 Å². The Hall–Kier alpha value is -3.12. The first-order valence-corrected chi connectivity index (χ1v) is 29.0. The minimum atomic E-state index is -1.86. The van der Waals surface area contributed by atoms with Gasteiger partial charge in [-0.25, -0.2) is 0 Å². The van der Waals surface area contributed by atoms with E-state index in [1.807, 2.05) is 60.7 Å². The van der Waals surface area contributed by atoms with Crippen LogP contribution in [0, 0.1) is 0 Å². The van der Waals surface area contributed by atoms with Gasteiger partial charge in [-0.3, -0.25) is 0 Å². The maximum Gasteiger partial charge on any atom is 2.00 e. The van der Waals surface area contributed by atoms with Gasteiger partial charge in [0, 0.05) is 0 Å². The quantitative estimate of drug-likeness (QED) is 0.123. The molecule has 6 aromatic rings. The SMILES string of the molecule is CCC(C)(C)c1cc(-n2nc3ccccc3n2)c([O-])c(C(C)(C)CC)c1.CCC(C)(C)c1cc(-n2nc3ccccc3n2)c([O-])c(C(C)(C)CC)c1.C[Si](C)(C)[O-].C[Si](C)(C)[O-].[Zn+2].[Zn+2]. The zero-order valence-corrected chi connectivity index (χ0v) is 50.4. The van der Waals surface area contributed by atoms with Gasteiger partial charge in [0.15, 0.2) is 0 Å². The molecule has 0 aliphatic rings. The van der Waals surface area contributed by atoms with Crippen LogP contribution in [0.4, 0.5) is 0 Å². The van der Waals surface area contributed by atoms with Crippen LogP contribution in [0.25, 0.3) is 33.4 Å². The van der Waals surface area contributed by atoms with E-state index in [1.54, 1.807) is 39.3 Å². The Morgan fingerprint density at radius 3 is 0.859 bits per heavy atom. The maximum atomic E-state index is 13.3. The molecule has 0 fully saturated rings. The second kappa shape index (κ2) is 23.1. The van der Waals surface area contributed by atoms with Gasteiger partial charge in [0.2, 0.25) is 0 Å². The molecule has 0 unspecified atom stereocenters. The number of aromatic nitrogens is 6. The van der Waals surface area contributed by atoms with Gasteiger partial charge < -0.3 is 19.8 Å². The van der Waals surface area contributed by atoms with Gasteiger partial charge in [-0.2, -0.15) is 9.59 Å². The van der Waals surface area contributed by atoms with Gasteiger partial charge in [0.1, 0.15) is 22.1 Å². The van der Waals surface area contributed by atoms with Gasteiger partial charge in [-0.15, -0.1) is 20.4 Å². The van der Waals surface area contributed by atoms with E-state index in [-0.39, 0.29) is 72.1 Å². The Balaban J connectivity index is 0.000000515. The number of nitrogens with zero attached hydrogens (tertiary/aromatic N) is 6. The molecule has 2 aromatic heterocycles. The molecule has 0 atom stereocenters. The predicted molar refractivity (Wildman–Crippen MR) is 257 cm³/mol. The normalized spacial score (nSPS) is 12.2. The summed E-state index contributed by atoms with van der Waals surface area (Å²) in [5.41, 5.74) is 7.83. The Morgan fingerprint density at radius 2 is 0.656 bits per heavy atom. The molecular weight excluding hydrogens is 936 g/mol. The van der Waals surface area contributed by atoms with Crippen molar-refractivity contribution in [1.29, 1.82) is 0 Å². The van der Waals surface area contributed by atoms with Crippen molar-refractivity contribution in [1.82, 2.24) is 30.0 Å². The molecule has 10 nitrogen and oxygen atoms in total. The molecule has 6 rings (SSSR count). The Labute approximate surface area is 412 Å². The number of hydrogen-bond donors (Lipinski definition) is 0. The molecule has 0 amide bonds. The van der Waals surface area contributed by atoms with E-state index < -0.39 is 16.6 Å². The molecule has 2 heterocycles. The summed E-state index contributed by atoms with van der Waals surface area (Å²) in [6.45, 7) is 36.6. The molecule has 0 spiro atoms. The van der Waals surface area contributed by atoms with Crippen molar-refractivity contribution >= 4 is 38.7 Å². The molecule has 0 N–H and O–H groups in total. The third-order valence-electron chi connectivity index (χ3n) is 11.7. The summed E-state index contributed by atoms with van der Waals surface area (Å²) >= 11 is 0. The smallest absolute Gasteiger partial charge is 0.871 e. The Kier molecular flexibility index (Phi) is 21.2. The van der Waals surface area contributed by atoms with E-state index in [2.05, 4.69) is 116 Å². The van der Waals surface area contributed by atoms with Gasteiger partial charge >= 0.3 is 39.0 Å². The van der Waals surface area contributed by atoms with Crippen molar-refractivity contribution < 1.29 is 58.8 Å². The number of benzene rings is 4. The minimum absolute atomic E-state index is 0. The van der Waals surface area contributed by atoms with Gasteiger partial charge in [-0.1, -0.05) is 187 Å². The second-order valence-corrected chi connectivity index (χ2v) is 29.3. The average molecular weight is 1010 g/mol. The third-order valence-corrected chi connectivity index (χ3v) is 11.7. The molecule has 0 radical (unpaired) electrons. The molecule has 0 aliphatic carbocycles. The Bertz CT molecular complexity index is 2170. The standard InChI is InChI=1S/2C22H29N3O.2C3H9OSi.2Zn/c2*1-7-21(3,4)15-13-16(22(5,6)8-2)20(26)19(14-15)25-23-17-11-9-10-12-18(17)24-25;2*1-5(2,3)4;;/h2*9-14,26H,7-8H2,1-6H3;2*1-3H3;;/q;;2*-1;2*+2/p-2. The van der Waals surface area contributed by atoms with Crippen molar-refractivity contribution in [2.24, 2.45) is 0 Å². The van der Waals surface area contributed by atoms with E-state index in [0.717, 1.165) is 70.0 Å². The van der Waals surface area contributed by atoms with Crippen LogP contribution in [0.1, 0.15) is 131 Å². The fourth-order valence-corrected chi connectivity index (χ4v) is 6.04. The summed E-state index contributed by atoms with van der Waals surface area (Å²) in [6, 6.07) is 23.5. The van der Waals surface area contributed by atoms with Crippen LogP contribution in [0.2, 0.25) is 39.3 Å². The zero-order valence-electron chi connectivity index (χ0n) is 42.5. The summed E-state index contributed by atoms with van der Waals surface area (Å²) in [5, 5.41) is 44.8. The second-order valence-electron chi connectivity index (χ2n) is 20.9. The number of hydrogen-bond acceptors (Lipinski definition) is 8. The average Bonchev–Trinajstić information content (AvgIpc) is 3.81. The first-order valence-electron chi connectivity index (χ1n) is 22.2. The van der Waals surface area contributed by atoms with Crippen molar-refractivity contribution in [3.05, 3.63) is 95.1 Å². The molecule has 0 bridgehead atoms. The summed E-state index contributed by atoms with van der Waals surface area (Å²) in [6.07, 6.45) is 3.77. The first kappa shape index (κ1) is 58.9. The third kappa shape index (κ3) is 16.0. The van der Waals surface area contributed by atoms with Gasteiger partial charge in [-0.05, 0) is 106 Å². The fourth-order valence-electron chi connectivity index (χ4n) is 6.04. The predicted octanol–water partition coefficient (Wildman–Crippen LogP) is 10.1. The molecule has 0 aliphatic heterocycles. The topological polar surface area (TPSA) is 154 Å². The van der Waals surface area contributed by atoms with Crippen LogP contribution >= 0.6 is 0 Å². The van der Waals surface area contributed by atoms with E-state index in [4.69, 9.17) is 0 Å². The van der Waals surface area contributed by atoms with Crippen LogP contribution in [-0.4, -0.2) is 46.6 Å². The monoisotopic (exact) mass is 1010 g/mol. The van der Waals surface area contributed by atoms with Crippen molar-refractivity contribution in [2.45, 2.75) is 170 Å². The van der Waals surface area contributed by atoms with Crippen LogP contribution in [0.5, 0.6) is 11.5 Å². The molecule has 0 saturated heterocycles. The molecular formula is C50H74N6O4Si2Zn2. The minimum Gasteiger partial charge on any atom is -0.871 e. The largest absolute Gasteiger partial charge is 2.00 e. The van der Waals surface area contributed by atoms with Crippen LogP contribution < -0.4 is 19.8 Å². The van der Waals surface area contributed by atoms with Gasteiger partial charge in [0.25, 0.3) is 0 Å². The van der Waals surface area contributed by atoms with E-state index in [1.165, 1.54) is 9.59 Å². The summed E-state index contributed by atoms with van der Waals surface area (Å²) in [5.74, 6) is 0.0422. The summed E-state index contributed by atoms with van der Waals surface area (Å²) in [4.78, 5) is 23.5. The molecule has 64 heavy (non-hydrogen) atoms. The molecule has 0 saturated carbocycles. The number of fused-ring (bicyclic) bond motifs is 2. The Morgan fingerprint density at radius 1 is 0.438 bits per heavy atom. The van der Waals surface area contributed by atoms with Gasteiger partial charge in [0.05, 0.1) is 11.4 Å². The molecule has 340 valence electrons. The first-order chi connectivity index (χ1) is 28.4. The van der Waals surface area contributed by atoms with Crippen molar-refractivity contribution in [3.63, 3.8) is 0 Å². The number of rotatable bonds is 10. The van der Waals surface area contributed by atoms with Crippen LogP contribution in [0.3, 0.4) is 0 Å².